The molecule has 0 bridgehead atoms. The molecule has 2 aromatic carbocycles. The summed E-state index contributed by atoms with van der Waals surface area (Å²) in [5, 5.41) is 12.2. The number of nitro groups is 1. The number of anilines is 1. The molecule has 30 heavy (non-hydrogen) atoms. The van der Waals surface area contributed by atoms with Crippen LogP contribution in [-0.2, 0) is 0 Å². The molecule has 0 radical (unpaired) electrons. The molecule has 160 valence electrons. The second-order valence-electron chi connectivity index (χ2n) is 7.25. The van der Waals surface area contributed by atoms with E-state index in [4.69, 9.17) is 21.1 Å². The van der Waals surface area contributed by atoms with Crippen molar-refractivity contribution in [2.24, 2.45) is 16.6 Å². The SMILES string of the molecule is CC1(C)N(N)C=NC(N)N1c1cccc(OCCCOc2ccc([N+](=O)[O-])cc2)c1. The molecular formula is C20H26N6O4. The first-order valence-electron chi connectivity index (χ1n) is 9.51. The van der Waals surface area contributed by atoms with E-state index < -0.39 is 16.9 Å². The van der Waals surface area contributed by atoms with Gasteiger partial charge in [0, 0.05) is 30.3 Å². The molecule has 3 rings (SSSR count). The predicted octanol–water partition coefficient (Wildman–Crippen LogP) is 2.45. The number of nitrogens with zero attached hydrogens (tertiary/aromatic N) is 4. The van der Waals surface area contributed by atoms with Crippen molar-refractivity contribution in [2.75, 3.05) is 18.1 Å². The van der Waals surface area contributed by atoms with E-state index in [0.29, 0.717) is 31.1 Å². The molecule has 0 amide bonds. The second-order valence-corrected chi connectivity index (χ2v) is 7.25. The predicted molar refractivity (Wildman–Crippen MR) is 114 cm³/mol. The van der Waals surface area contributed by atoms with Gasteiger partial charge in [0.2, 0.25) is 0 Å². The minimum Gasteiger partial charge on any atom is -0.493 e. The van der Waals surface area contributed by atoms with Crippen LogP contribution in [0.2, 0.25) is 0 Å². The van der Waals surface area contributed by atoms with Gasteiger partial charge in [0.05, 0.1) is 18.1 Å². The Labute approximate surface area is 174 Å². The van der Waals surface area contributed by atoms with Crippen LogP contribution < -0.4 is 25.9 Å². The molecule has 10 heteroatoms. The monoisotopic (exact) mass is 414 g/mol. The molecule has 2 aromatic rings. The molecule has 0 saturated carbocycles. The highest BCUT2D eigenvalue weighted by Gasteiger charge is 2.37. The summed E-state index contributed by atoms with van der Waals surface area (Å²) < 4.78 is 11.4. The quantitative estimate of drug-likeness (QED) is 0.291. The number of ether oxygens (including phenoxy) is 2. The Morgan fingerprint density at radius 3 is 2.47 bits per heavy atom. The lowest BCUT2D eigenvalue weighted by atomic mass is 10.1. The van der Waals surface area contributed by atoms with Gasteiger partial charge in [0.1, 0.15) is 23.5 Å². The molecule has 1 heterocycles. The first-order valence-corrected chi connectivity index (χ1v) is 9.51. The lowest BCUT2D eigenvalue weighted by molar-refractivity contribution is -0.384. The van der Waals surface area contributed by atoms with Crippen LogP contribution in [0.15, 0.2) is 53.5 Å². The third kappa shape index (κ3) is 4.78. The molecule has 0 spiro atoms. The molecule has 1 aliphatic rings. The van der Waals surface area contributed by atoms with Crippen molar-refractivity contribution in [2.45, 2.75) is 32.2 Å². The summed E-state index contributed by atoms with van der Waals surface area (Å²) in [4.78, 5) is 16.3. The van der Waals surface area contributed by atoms with Crippen molar-refractivity contribution < 1.29 is 14.4 Å². The summed E-state index contributed by atoms with van der Waals surface area (Å²) in [6, 6.07) is 13.6. The van der Waals surface area contributed by atoms with Crippen LogP contribution in [0.3, 0.4) is 0 Å². The van der Waals surface area contributed by atoms with E-state index in [9.17, 15) is 10.1 Å². The summed E-state index contributed by atoms with van der Waals surface area (Å²) >= 11 is 0. The smallest absolute Gasteiger partial charge is 0.269 e. The maximum Gasteiger partial charge on any atom is 0.269 e. The Bertz CT molecular complexity index is 902. The summed E-state index contributed by atoms with van der Waals surface area (Å²) in [7, 11) is 0. The van der Waals surface area contributed by atoms with E-state index in [0.717, 1.165) is 5.69 Å². The van der Waals surface area contributed by atoms with Crippen LogP contribution >= 0.6 is 0 Å². The number of rotatable bonds is 8. The van der Waals surface area contributed by atoms with Gasteiger partial charge in [-0.3, -0.25) is 20.9 Å². The van der Waals surface area contributed by atoms with Crippen molar-refractivity contribution in [3.8, 4) is 11.5 Å². The zero-order valence-electron chi connectivity index (χ0n) is 17.0. The molecule has 0 aliphatic carbocycles. The van der Waals surface area contributed by atoms with Gasteiger partial charge >= 0.3 is 0 Å². The molecule has 10 nitrogen and oxygen atoms in total. The van der Waals surface area contributed by atoms with Gasteiger partial charge in [0.15, 0.2) is 6.29 Å². The van der Waals surface area contributed by atoms with Crippen molar-refractivity contribution in [1.29, 1.82) is 0 Å². The van der Waals surface area contributed by atoms with Crippen LogP contribution in [0.4, 0.5) is 11.4 Å². The van der Waals surface area contributed by atoms with Crippen LogP contribution in [0.25, 0.3) is 0 Å². The fourth-order valence-electron chi connectivity index (χ4n) is 3.09. The number of nitro benzene ring substituents is 1. The average Bonchev–Trinajstić information content (AvgIpc) is 2.71. The zero-order chi connectivity index (χ0) is 21.7. The zero-order valence-corrected chi connectivity index (χ0v) is 17.0. The largest absolute Gasteiger partial charge is 0.493 e. The summed E-state index contributed by atoms with van der Waals surface area (Å²) in [6.45, 7) is 4.80. The summed E-state index contributed by atoms with van der Waals surface area (Å²) in [5.41, 5.74) is 6.49. The van der Waals surface area contributed by atoms with E-state index in [2.05, 4.69) is 4.99 Å². The highest BCUT2D eigenvalue weighted by molar-refractivity contribution is 5.63. The second kappa shape index (κ2) is 8.97. The van der Waals surface area contributed by atoms with Gasteiger partial charge < -0.3 is 14.4 Å². The van der Waals surface area contributed by atoms with Crippen LogP contribution in [-0.4, -0.2) is 41.4 Å². The minimum absolute atomic E-state index is 0.0330. The number of hydrogen-bond acceptors (Lipinski definition) is 9. The molecule has 0 saturated heterocycles. The Balaban J connectivity index is 1.52. The standard InChI is InChI=1S/C20H26N6O4/c1-20(2)24(22)14-23-19(21)25(20)16-5-3-6-18(13-16)30-12-4-11-29-17-9-7-15(8-10-17)26(27)28/h3,5-10,13-14,19H,4,11-12,21-22H2,1-2H3. The van der Waals surface area contributed by atoms with Crippen LogP contribution in [0.1, 0.15) is 20.3 Å². The lowest BCUT2D eigenvalue weighted by Gasteiger charge is -2.49. The van der Waals surface area contributed by atoms with Crippen molar-refractivity contribution in [1.82, 2.24) is 5.01 Å². The number of nitrogens with two attached hydrogens (primary N) is 2. The van der Waals surface area contributed by atoms with Crippen molar-refractivity contribution >= 4 is 17.7 Å². The maximum absolute atomic E-state index is 10.7. The molecule has 4 N–H and O–H groups in total. The number of hydrogen-bond donors (Lipinski definition) is 2. The highest BCUT2D eigenvalue weighted by Crippen LogP contribution is 2.31. The Morgan fingerprint density at radius 2 is 1.80 bits per heavy atom. The van der Waals surface area contributed by atoms with Gasteiger partial charge in [-0.25, -0.2) is 10.8 Å². The van der Waals surface area contributed by atoms with Crippen LogP contribution in [0.5, 0.6) is 11.5 Å². The van der Waals surface area contributed by atoms with E-state index >= 15 is 0 Å². The van der Waals surface area contributed by atoms with Gasteiger partial charge in [-0.05, 0) is 38.1 Å². The molecular weight excluding hydrogens is 388 g/mol. The Kier molecular flexibility index (Phi) is 6.38. The highest BCUT2D eigenvalue weighted by atomic mass is 16.6. The third-order valence-electron chi connectivity index (χ3n) is 4.80. The molecule has 1 unspecified atom stereocenters. The van der Waals surface area contributed by atoms with E-state index in [1.165, 1.54) is 23.5 Å². The van der Waals surface area contributed by atoms with Gasteiger partial charge in [-0.1, -0.05) is 6.07 Å². The summed E-state index contributed by atoms with van der Waals surface area (Å²) in [5.74, 6) is 7.31. The van der Waals surface area contributed by atoms with Gasteiger partial charge in [0.25, 0.3) is 5.69 Å². The number of hydrazine groups is 1. The first-order chi connectivity index (χ1) is 14.3. The van der Waals surface area contributed by atoms with Gasteiger partial charge in [-0.2, -0.15) is 0 Å². The normalized spacial score (nSPS) is 17.7. The average molecular weight is 414 g/mol. The van der Waals surface area contributed by atoms with Crippen LogP contribution in [0, 0.1) is 10.1 Å². The molecule has 1 aliphatic heterocycles. The van der Waals surface area contributed by atoms with E-state index in [1.807, 2.05) is 43.0 Å². The number of non-ortho nitro benzene ring substituents is 1. The number of aliphatic imine (C=N–C) groups is 1. The fraction of sp³-hybridized carbons (Fsp3) is 0.350. The fourth-order valence-corrected chi connectivity index (χ4v) is 3.09. The molecule has 0 fully saturated rings. The van der Waals surface area contributed by atoms with E-state index in [1.54, 1.807) is 12.1 Å². The topological polar surface area (TPSA) is 132 Å². The first kappa shape index (κ1) is 21.3. The Morgan fingerprint density at radius 1 is 1.13 bits per heavy atom. The van der Waals surface area contributed by atoms with Crippen molar-refractivity contribution in [3.63, 3.8) is 0 Å². The lowest BCUT2D eigenvalue weighted by Crippen LogP contribution is -2.67. The third-order valence-corrected chi connectivity index (χ3v) is 4.80. The number of benzene rings is 2. The maximum atomic E-state index is 10.7. The van der Waals surface area contributed by atoms with Gasteiger partial charge in [-0.15, -0.1) is 0 Å². The Hall–Kier alpha value is -3.37. The summed E-state index contributed by atoms with van der Waals surface area (Å²) in [6.07, 6.45) is 1.63. The van der Waals surface area contributed by atoms with E-state index in [-0.39, 0.29) is 5.69 Å². The molecule has 0 aromatic heterocycles. The molecule has 1 atom stereocenters. The minimum atomic E-state index is -0.557. The van der Waals surface area contributed by atoms with Crippen molar-refractivity contribution in [3.05, 3.63) is 58.6 Å².